The molecule has 0 radical (unpaired) electrons. The van der Waals surface area contributed by atoms with Crippen molar-refractivity contribution in [3.05, 3.63) is 72.9 Å². The first-order valence-corrected chi connectivity index (χ1v) is 37.2. The quantitative estimate of drug-likeness (QED) is 0.0204. The minimum absolute atomic E-state index is 0.259. The van der Waals surface area contributed by atoms with Crippen LogP contribution in [0.3, 0.4) is 0 Å². The summed E-state index contributed by atoms with van der Waals surface area (Å²) < 4.78 is 22.8. The van der Waals surface area contributed by atoms with Crippen molar-refractivity contribution in [2.75, 3.05) is 19.8 Å². The fraction of sp³-hybridized carbons (Fsp3) is 0.829. The molecule has 1 amide bonds. The van der Waals surface area contributed by atoms with E-state index in [0.29, 0.717) is 12.8 Å². The first-order valence-electron chi connectivity index (χ1n) is 37.2. The molecular weight excluding hydrogens is 1130 g/mol. The Morgan fingerprint density at radius 2 is 0.744 bits per heavy atom. The molecule has 12 unspecified atom stereocenters. The van der Waals surface area contributed by atoms with Crippen LogP contribution < -0.4 is 5.32 Å². The number of aliphatic hydroxyl groups is 8. The van der Waals surface area contributed by atoms with Gasteiger partial charge >= 0.3 is 0 Å². The van der Waals surface area contributed by atoms with Gasteiger partial charge < -0.3 is 65.1 Å². The lowest BCUT2D eigenvalue weighted by molar-refractivity contribution is -0.359. The maximum atomic E-state index is 13.3. The van der Waals surface area contributed by atoms with E-state index in [0.717, 1.165) is 70.6 Å². The van der Waals surface area contributed by atoms with Crippen LogP contribution in [0.1, 0.15) is 309 Å². The summed E-state index contributed by atoms with van der Waals surface area (Å²) in [7, 11) is 0. The number of aliphatic hydroxyl groups excluding tert-OH is 8. The van der Waals surface area contributed by atoms with E-state index >= 15 is 0 Å². The molecule has 0 spiro atoms. The minimum Gasteiger partial charge on any atom is -0.394 e. The zero-order valence-corrected chi connectivity index (χ0v) is 57.1. The average Bonchev–Trinajstić information content (AvgIpc) is 1.28. The van der Waals surface area contributed by atoms with Crippen molar-refractivity contribution in [1.82, 2.24) is 5.32 Å². The van der Waals surface area contributed by atoms with Crippen molar-refractivity contribution < 1.29 is 64.6 Å². The highest BCUT2D eigenvalue weighted by atomic mass is 16.7. The summed E-state index contributed by atoms with van der Waals surface area (Å²) in [6.07, 6.45) is 65.4. The molecule has 90 heavy (non-hydrogen) atoms. The Labute approximate surface area is 548 Å². The van der Waals surface area contributed by atoms with Gasteiger partial charge in [0, 0.05) is 6.42 Å². The highest BCUT2D eigenvalue weighted by molar-refractivity contribution is 5.76. The summed E-state index contributed by atoms with van der Waals surface area (Å²) in [5.41, 5.74) is 0. The second kappa shape index (κ2) is 60.1. The number of hydrogen-bond donors (Lipinski definition) is 9. The summed E-state index contributed by atoms with van der Waals surface area (Å²) in [5.74, 6) is -0.260. The predicted octanol–water partition coefficient (Wildman–Crippen LogP) is 15.8. The second-order valence-corrected chi connectivity index (χ2v) is 26.1. The Hall–Kier alpha value is -2.57. The molecule has 0 aromatic rings. The molecule has 0 aliphatic carbocycles. The van der Waals surface area contributed by atoms with Gasteiger partial charge in [-0.3, -0.25) is 4.79 Å². The number of unbranched alkanes of at least 4 members (excludes halogenated alkanes) is 38. The SMILES string of the molecule is CCCCCCC/C=C\C/C=C\C/C=C\CCCCCCCCCCC(=O)NC(COC1OC(CO)C(OC2OC(CO)C(O)C(O)C2O)C(O)C1O)C(O)/C=C/CC/C=C/CC/C=C/CCCCCCCCCCCCCCCCCCCCCCCCC. The van der Waals surface area contributed by atoms with E-state index in [1.807, 2.05) is 6.08 Å². The average molecular weight is 1270 g/mol. The molecule has 0 saturated carbocycles. The standard InChI is InChI=1S/C76H137NO13/c1-3-5-7-9-11-13-15-17-19-21-23-25-27-28-29-30-31-32-33-34-35-36-38-39-41-43-45-47-49-51-53-55-57-59-65(80)64(63-87-75-73(86)71(84)74(67(62-79)89-75)90-76-72(85)70(83)69(82)66(61-78)88-76)77-68(81)60-58-56-54-52-50-48-46-44-42-40-37-26-24-22-20-18-16-14-12-10-8-6-4-2/h16,18,22,24,37,40-41,43,49,51,57,59,64-67,69-76,78-80,82-86H,3-15,17,19-21,23,25-36,38-39,42,44-48,50,52-56,58,60-63H2,1-2H3,(H,77,81)/b18-16-,24-22-,40-37-,43-41+,51-49+,59-57+. The van der Waals surface area contributed by atoms with Crippen LogP contribution >= 0.6 is 0 Å². The van der Waals surface area contributed by atoms with Gasteiger partial charge in [0.25, 0.3) is 0 Å². The molecule has 2 heterocycles. The molecule has 524 valence electrons. The number of carbonyl (C=O) groups is 1. The van der Waals surface area contributed by atoms with Crippen LogP contribution in [0.2, 0.25) is 0 Å². The lowest BCUT2D eigenvalue weighted by Gasteiger charge is -2.46. The van der Waals surface area contributed by atoms with Crippen molar-refractivity contribution in [1.29, 1.82) is 0 Å². The summed E-state index contributed by atoms with van der Waals surface area (Å²) in [6, 6.07) is -0.948. The third kappa shape index (κ3) is 43.4. The first kappa shape index (κ1) is 83.5. The summed E-state index contributed by atoms with van der Waals surface area (Å²) in [5, 5.41) is 87.5. The molecule has 0 aromatic heterocycles. The number of hydrogen-bond acceptors (Lipinski definition) is 13. The molecule has 2 aliphatic rings. The smallest absolute Gasteiger partial charge is 0.220 e. The highest BCUT2D eigenvalue weighted by Crippen LogP contribution is 2.30. The lowest BCUT2D eigenvalue weighted by atomic mass is 9.97. The monoisotopic (exact) mass is 1270 g/mol. The predicted molar refractivity (Wildman–Crippen MR) is 369 cm³/mol. The van der Waals surface area contributed by atoms with E-state index in [2.05, 4.69) is 79.9 Å². The van der Waals surface area contributed by atoms with Crippen LogP contribution in [0, 0.1) is 0 Å². The van der Waals surface area contributed by atoms with Crippen molar-refractivity contribution in [2.45, 2.75) is 383 Å². The van der Waals surface area contributed by atoms with Crippen LogP contribution in [0.15, 0.2) is 72.9 Å². The molecule has 14 nitrogen and oxygen atoms in total. The van der Waals surface area contributed by atoms with E-state index in [1.165, 1.54) is 205 Å². The summed E-state index contributed by atoms with van der Waals surface area (Å²) in [4.78, 5) is 13.3. The van der Waals surface area contributed by atoms with Gasteiger partial charge in [0.2, 0.25) is 5.91 Å². The van der Waals surface area contributed by atoms with Gasteiger partial charge in [0.05, 0.1) is 32.0 Å². The number of rotatable bonds is 61. The number of allylic oxidation sites excluding steroid dienone is 11. The Kier molecular flexibility index (Phi) is 55.8. The zero-order valence-electron chi connectivity index (χ0n) is 57.1. The van der Waals surface area contributed by atoms with Crippen molar-refractivity contribution in [3.63, 3.8) is 0 Å². The molecule has 9 N–H and O–H groups in total. The molecule has 12 atom stereocenters. The van der Waals surface area contributed by atoms with E-state index < -0.39 is 86.8 Å². The van der Waals surface area contributed by atoms with E-state index in [9.17, 15) is 45.6 Å². The number of carbonyl (C=O) groups excluding carboxylic acids is 1. The lowest BCUT2D eigenvalue weighted by Crippen LogP contribution is -2.65. The van der Waals surface area contributed by atoms with Gasteiger partial charge in [0.15, 0.2) is 12.6 Å². The van der Waals surface area contributed by atoms with Crippen LogP contribution in [0.4, 0.5) is 0 Å². The zero-order chi connectivity index (χ0) is 65.2. The maximum absolute atomic E-state index is 13.3. The molecule has 2 fully saturated rings. The molecule has 2 saturated heterocycles. The van der Waals surface area contributed by atoms with Crippen LogP contribution in [-0.4, -0.2) is 140 Å². The van der Waals surface area contributed by atoms with E-state index in [-0.39, 0.29) is 18.9 Å². The third-order valence-corrected chi connectivity index (χ3v) is 17.8. The van der Waals surface area contributed by atoms with Crippen molar-refractivity contribution in [2.24, 2.45) is 0 Å². The van der Waals surface area contributed by atoms with Crippen LogP contribution in [0.25, 0.3) is 0 Å². The normalized spacial score (nSPS) is 23.3. The molecule has 0 aromatic carbocycles. The van der Waals surface area contributed by atoms with Gasteiger partial charge in [0.1, 0.15) is 48.8 Å². The molecule has 2 aliphatic heterocycles. The Morgan fingerprint density at radius 1 is 0.400 bits per heavy atom. The van der Waals surface area contributed by atoms with Crippen molar-refractivity contribution >= 4 is 5.91 Å². The third-order valence-electron chi connectivity index (χ3n) is 17.8. The largest absolute Gasteiger partial charge is 0.394 e. The van der Waals surface area contributed by atoms with Gasteiger partial charge in [-0.25, -0.2) is 0 Å². The Bertz CT molecular complexity index is 1790. The summed E-state index contributed by atoms with van der Waals surface area (Å²) >= 11 is 0. The fourth-order valence-corrected chi connectivity index (χ4v) is 11.9. The molecule has 0 bridgehead atoms. The highest BCUT2D eigenvalue weighted by Gasteiger charge is 2.51. The van der Waals surface area contributed by atoms with Gasteiger partial charge in [-0.2, -0.15) is 0 Å². The minimum atomic E-state index is -1.80. The summed E-state index contributed by atoms with van der Waals surface area (Å²) in [6.45, 7) is 2.79. The van der Waals surface area contributed by atoms with E-state index in [4.69, 9.17) is 18.9 Å². The topological polar surface area (TPSA) is 228 Å². The fourth-order valence-electron chi connectivity index (χ4n) is 11.9. The Morgan fingerprint density at radius 3 is 1.17 bits per heavy atom. The van der Waals surface area contributed by atoms with Crippen molar-refractivity contribution in [3.8, 4) is 0 Å². The maximum Gasteiger partial charge on any atom is 0.220 e. The van der Waals surface area contributed by atoms with Gasteiger partial charge in [-0.15, -0.1) is 0 Å². The van der Waals surface area contributed by atoms with Crippen LogP contribution in [-0.2, 0) is 23.7 Å². The molecular formula is C76H137NO13. The van der Waals surface area contributed by atoms with E-state index in [1.54, 1.807) is 6.08 Å². The van der Waals surface area contributed by atoms with Crippen LogP contribution in [0.5, 0.6) is 0 Å². The second-order valence-electron chi connectivity index (χ2n) is 26.1. The number of nitrogens with one attached hydrogen (secondary N) is 1. The number of amides is 1. The number of ether oxygens (including phenoxy) is 4. The van der Waals surface area contributed by atoms with Gasteiger partial charge in [-0.05, 0) is 83.5 Å². The molecule has 14 heteroatoms. The Balaban J connectivity index is 1.68. The van der Waals surface area contributed by atoms with Gasteiger partial charge in [-0.1, -0.05) is 292 Å². The first-order chi connectivity index (χ1) is 44.1. The molecule has 2 rings (SSSR count).